The van der Waals surface area contributed by atoms with Crippen molar-refractivity contribution in [3.8, 4) is 11.5 Å². The van der Waals surface area contributed by atoms with E-state index in [0.29, 0.717) is 28.9 Å². The smallest absolute Gasteiger partial charge is 0.302 e. The molecule has 8 bridgehead atoms. The van der Waals surface area contributed by atoms with Crippen molar-refractivity contribution in [3.05, 3.63) is 66.7 Å². The number of hydrogen-bond donors (Lipinski definition) is 2. The molecule has 10 aliphatic carbocycles. The lowest BCUT2D eigenvalue weighted by atomic mass is 9.52. The van der Waals surface area contributed by atoms with Crippen LogP contribution in [-0.4, -0.2) is 82.3 Å². The fraction of sp³-hybridized carbons (Fsp3) is 0.583. The molecule has 0 aliphatic heterocycles. The average Bonchev–Trinajstić information content (AvgIpc) is 3.56. The van der Waals surface area contributed by atoms with Crippen LogP contribution in [0, 0.1) is 23.7 Å². The third-order valence-corrected chi connectivity index (χ3v) is 18.5. The number of ether oxygens (including phenoxy) is 5. The standard InChI is InChI=1S/C32H26Cl8O6.C4H8O2/c1-43-31(44-2)27(37)17-9-5-6-10(18(17)28(31,38)24(34)23(27)33)14-13(9)21(41)15-11-7-8-12(16(15)22(14)42)20-19(11)29(39)25(35)26(36)30(20,40)32(29,45-3)46-4;1-3-6-4(2)5/h5-12,17-20,41-42H,1-4H3;3H2,1-2H3/t9-,10+,11+,12-,17-,18+,19+,20-,27-,28+,29+,30-;. The van der Waals surface area contributed by atoms with Crippen LogP contribution in [-0.2, 0) is 28.5 Å². The second kappa shape index (κ2) is 11.7. The molecule has 52 heavy (non-hydrogen) atoms. The molecule has 282 valence electrons. The molecule has 2 N–H and O–H groups in total. The lowest BCUT2D eigenvalue weighted by Crippen LogP contribution is -2.57. The zero-order valence-electron chi connectivity index (χ0n) is 28.5. The Morgan fingerprint density at radius 2 is 0.808 bits per heavy atom. The van der Waals surface area contributed by atoms with E-state index in [4.69, 9.17) is 112 Å². The van der Waals surface area contributed by atoms with Crippen molar-refractivity contribution in [1.82, 2.24) is 0 Å². The maximum absolute atomic E-state index is 12.5. The highest BCUT2D eigenvalue weighted by Gasteiger charge is 2.89. The lowest BCUT2D eigenvalue weighted by Gasteiger charge is -2.54. The molecule has 8 nitrogen and oxygen atoms in total. The number of methoxy groups -OCH3 is 4. The molecule has 2 saturated carbocycles. The number of carbonyl (C=O) groups excluding carboxylic acids is 1. The van der Waals surface area contributed by atoms with Crippen LogP contribution < -0.4 is 0 Å². The number of fused-ring (bicyclic) bond motifs is 4. The van der Waals surface area contributed by atoms with Crippen LogP contribution in [0.4, 0.5) is 0 Å². The average molecular weight is 878 g/mol. The Bertz CT molecular complexity index is 1710. The van der Waals surface area contributed by atoms with Crippen LogP contribution in [0.2, 0.25) is 0 Å². The van der Waals surface area contributed by atoms with E-state index in [1.54, 1.807) is 6.92 Å². The molecule has 0 spiro atoms. The quantitative estimate of drug-likeness (QED) is 0.0995. The van der Waals surface area contributed by atoms with E-state index in [2.05, 4.69) is 4.74 Å². The van der Waals surface area contributed by atoms with Gasteiger partial charge in [0.2, 0.25) is 11.6 Å². The predicted molar refractivity (Wildman–Crippen MR) is 201 cm³/mol. The van der Waals surface area contributed by atoms with E-state index in [1.807, 2.05) is 24.3 Å². The monoisotopic (exact) mass is 874 g/mol. The maximum atomic E-state index is 12.5. The molecule has 0 unspecified atom stereocenters. The summed E-state index contributed by atoms with van der Waals surface area (Å²) in [5, 5.41) is 25.4. The van der Waals surface area contributed by atoms with Gasteiger partial charge in [-0.3, -0.25) is 4.79 Å². The Labute approximate surface area is 340 Å². The first kappa shape index (κ1) is 38.3. The number of benzene rings is 1. The summed E-state index contributed by atoms with van der Waals surface area (Å²) in [5.74, 6) is -7.68. The highest BCUT2D eigenvalue weighted by molar-refractivity contribution is 6.53. The van der Waals surface area contributed by atoms with Gasteiger partial charge in [-0.05, 0) is 6.92 Å². The second-order valence-electron chi connectivity index (χ2n) is 14.4. The fourth-order valence-corrected chi connectivity index (χ4v) is 16.4. The van der Waals surface area contributed by atoms with Gasteiger partial charge in [0.15, 0.2) is 0 Å². The molecule has 10 aliphatic rings. The molecule has 1 aromatic rings. The zero-order valence-corrected chi connectivity index (χ0v) is 34.6. The van der Waals surface area contributed by atoms with Gasteiger partial charge in [0.25, 0.3) is 0 Å². The van der Waals surface area contributed by atoms with Crippen molar-refractivity contribution in [2.75, 3.05) is 35.0 Å². The van der Waals surface area contributed by atoms with Gasteiger partial charge < -0.3 is 33.9 Å². The first-order valence-electron chi connectivity index (χ1n) is 16.6. The van der Waals surface area contributed by atoms with E-state index in [0.717, 1.165) is 0 Å². The van der Waals surface area contributed by atoms with E-state index in [9.17, 15) is 15.0 Å². The maximum Gasteiger partial charge on any atom is 0.302 e. The van der Waals surface area contributed by atoms with Crippen LogP contribution in [0.1, 0.15) is 59.8 Å². The molecule has 0 heterocycles. The Kier molecular flexibility index (Phi) is 8.64. The van der Waals surface area contributed by atoms with E-state index < -0.39 is 78.4 Å². The predicted octanol–water partition coefficient (Wildman–Crippen LogP) is 8.95. The van der Waals surface area contributed by atoms with Crippen molar-refractivity contribution in [2.45, 2.75) is 68.6 Å². The van der Waals surface area contributed by atoms with Gasteiger partial charge in [0.1, 0.15) is 31.0 Å². The Morgan fingerprint density at radius 3 is 0.962 bits per heavy atom. The van der Waals surface area contributed by atoms with E-state index >= 15 is 0 Å². The van der Waals surface area contributed by atoms with E-state index in [1.165, 1.54) is 35.4 Å². The summed E-state index contributed by atoms with van der Waals surface area (Å²) in [4.78, 5) is 3.81. The largest absolute Gasteiger partial charge is 0.507 e. The second-order valence-corrected chi connectivity index (χ2v) is 18.3. The zero-order chi connectivity index (χ0) is 38.0. The minimum absolute atomic E-state index is 0.0231. The van der Waals surface area contributed by atoms with E-state index in [-0.39, 0.29) is 37.6 Å². The van der Waals surface area contributed by atoms with Crippen LogP contribution in [0.25, 0.3) is 0 Å². The number of phenolic OH excluding ortho intramolecular Hbond substituents is 2. The van der Waals surface area contributed by atoms with Gasteiger partial charge >= 0.3 is 5.97 Å². The number of hydrogen-bond acceptors (Lipinski definition) is 8. The number of esters is 1. The normalized spacial score (nSPS) is 43.7. The summed E-state index contributed by atoms with van der Waals surface area (Å²) in [7, 11) is 5.82. The van der Waals surface area contributed by atoms with Crippen molar-refractivity contribution in [2.24, 2.45) is 23.7 Å². The molecule has 0 saturated heterocycles. The molecule has 0 amide bonds. The molecule has 0 radical (unpaired) electrons. The summed E-state index contributed by atoms with van der Waals surface area (Å²) in [6, 6.07) is 0. The van der Waals surface area contributed by atoms with Crippen molar-refractivity contribution in [1.29, 1.82) is 0 Å². The van der Waals surface area contributed by atoms with Crippen LogP contribution in [0.5, 0.6) is 11.5 Å². The summed E-state index contributed by atoms with van der Waals surface area (Å²) >= 11 is 57.8. The number of phenols is 2. The van der Waals surface area contributed by atoms with Crippen molar-refractivity contribution in [3.63, 3.8) is 0 Å². The minimum Gasteiger partial charge on any atom is -0.507 e. The molecule has 16 heteroatoms. The number of aromatic hydroxyl groups is 2. The number of alkyl halides is 4. The van der Waals surface area contributed by atoms with Gasteiger partial charge in [0.05, 0.1) is 26.7 Å². The fourth-order valence-electron chi connectivity index (χ4n) is 11.9. The van der Waals surface area contributed by atoms with Gasteiger partial charge in [0, 0.05) is 105 Å². The summed E-state index contributed by atoms with van der Waals surface area (Å²) in [6.07, 6.45) is 7.92. The van der Waals surface area contributed by atoms with Gasteiger partial charge in [-0.1, -0.05) is 70.7 Å². The molecule has 11 rings (SSSR count). The Morgan fingerprint density at radius 1 is 0.577 bits per heavy atom. The van der Waals surface area contributed by atoms with Gasteiger partial charge in [-0.2, -0.15) is 0 Å². The third kappa shape index (κ3) is 3.56. The number of allylic oxidation sites excluding steroid dienone is 4. The highest BCUT2D eigenvalue weighted by atomic mass is 35.5. The summed E-state index contributed by atoms with van der Waals surface area (Å²) in [5.41, 5.74) is 2.14. The lowest BCUT2D eigenvalue weighted by molar-refractivity contribution is -0.220. The molecular weight excluding hydrogens is 844 g/mol. The SMILES string of the molecule is CCOC(C)=O.COC1(OC)[C@@]2(Cl)C(Cl)=C(Cl)[C@]1(Cl)[C@H]1[C@@H]2[C@H]2C=C[C@@H]1c1c(O)c3c(c(O)c12)[C@H]1C=C[C@@H]3[C@H]2[C@@H]1[C@@]1(Cl)C(Cl)=C(Cl)[C@]2(Cl)C1(OC)OC. The van der Waals surface area contributed by atoms with Crippen molar-refractivity contribution >= 4 is 98.8 Å². The van der Waals surface area contributed by atoms with Crippen LogP contribution in [0.3, 0.4) is 0 Å². The first-order valence-corrected chi connectivity index (χ1v) is 19.6. The number of rotatable bonds is 5. The number of carbonyl (C=O) groups is 1. The Hall–Kier alpha value is -0.590. The highest BCUT2D eigenvalue weighted by Crippen LogP contribution is 2.84. The van der Waals surface area contributed by atoms with Crippen LogP contribution >= 0.6 is 92.8 Å². The minimum atomic E-state index is -1.64. The number of halogens is 8. The van der Waals surface area contributed by atoms with Gasteiger partial charge in [-0.15, -0.1) is 46.4 Å². The molecule has 2 fully saturated rings. The summed E-state index contributed by atoms with van der Waals surface area (Å²) < 4.78 is 28.5. The van der Waals surface area contributed by atoms with Crippen molar-refractivity contribution < 1.29 is 38.7 Å². The Balaban J connectivity index is 0.000000597. The van der Waals surface area contributed by atoms with Crippen LogP contribution in [0.15, 0.2) is 44.4 Å². The summed E-state index contributed by atoms with van der Waals surface area (Å²) in [6.45, 7) is 3.65. The molecule has 1 aromatic carbocycles. The van der Waals surface area contributed by atoms with Gasteiger partial charge in [-0.25, -0.2) is 0 Å². The molecule has 12 atom stereocenters. The molecule has 0 aromatic heterocycles. The topological polar surface area (TPSA) is 104 Å². The third-order valence-electron chi connectivity index (χ3n) is 13.2. The molecular formula is C36H34Cl8O8. The first-order chi connectivity index (χ1) is 24.4.